The molecule has 0 N–H and O–H groups in total. The molecular weight excluding hydrogens is 115 g/mol. The van der Waals surface area contributed by atoms with Gasteiger partial charge in [0.25, 0.3) is 0 Å². The van der Waals surface area contributed by atoms with Crippen molar-refractivity contribution in [3.8, 4) is 11.8 Å². The molecule has 1 rings (SSSR count). The zero-order chi connectivity index (χ0) is 6.53. The molecule has 0 aromatic heterocycles. The van der Waals surface area contributed by atoms with Crippen LogP contribution in [0.2, 0.25) is 0 Å². The summed E-state index contributed by atoms with van der Waals surface area (Å²) in [6, 6.07) is 0. The molecule has 0 aliphatic heterocycles. The Hall–Kier alpha value is -0.510. The van der Waals surface area contributed by atoms with Crippen molar-refractivity contribution in [2.75, 3.05) is 0 Å². The van der Waals surface area contributed by atoms with Crippen molar-refractivity contribution < 1.29 is 4.39 Å². The predicted octanol–water partition coefficient (Wildman–Crippen LogP) is 2.46. The molecule has 0 aromatic carbocycles. The van der Waals surface area contributed by atoms with Crippen LogP contribution in [0, 0.1) is 18.0 Å². The molecule has 0 nitrogen and oxygen atoms in total. The fourth-order valence-corrected chi connectivity index (χ4v) is 0.891. The third-order valence-corrected chi connectivity index (χ3v) is 1.42. The summed E-state index contributed by atoms with van der Waals surface area (Å²) in [6.07, 6.45) is 4.54. The third-order valence-electron chi connectivity index (χ3n) is 1.42. The standard InChI is InChI=1S/C8H10F/c9-8-6-4-2-1-3-5-7-8/h1-4,6H2. The van der Waals surface area contributed by atoms with Gasteiger partial charge in [0, 0.05) is 6.42 Å². The molecule has 0 atom stereocenters. The Labute approximate surface area is 55.5 Å². The zero-order valence-corrected chi connectivity index (χ0v) is 5.41. The highest BCUT2D eigenvalue weighted by Crippen LogP contribution is 2.15. The molecule has 0 saturated carbocycles. The lowest BCUT2D eigenvalue weighted by atomic mass is 10.1. The van der Waals surface area contributed by atoms with Crippen molar-refractivity contribution in [2.24, 2.45) is 0 Å². The van der Waals surface area contributed by atoms with Crippen LogP contribution in [0.3, 0.4) is 0 Å². The Morgan fingerprint density at radius 2 is 2.11 bits per heavy atom. The minimum Gasteiger partial charge on any atom is -0.225 e. The fourth-order valence-electron chi connectivity index (χ4n) is 0.891. The summed E-state index contributed by atoms with van der Waals surface area (Å²) < 4.78 is 12.4. The van der Waals surface area contributed by atoms with Crippen molar-refractivity contribution in [1.29, 1.82) is 0 Å². The van der Waals surface area contributed by atoms with Crippen LogP contribution in [-0.2, 0) is 0 Å². The van der Waals surface area contributed by atoms with E-state index in [0.29, 0.717) is 6.42 Å². The average molecular weight is 125 g/mol. The molecule has 0 bridgehead atoms. The molecule has 49 valence electrons. The van der Waals surface area contributed by atoms with Crippen LogP contribution in [0.25, 0.3) is 0 Å². The summed E-state index contributed by atoms with van der Waals surface area (Å²) in [5.41, 5.74) is 0. The predicted molar refractivity (Wildman–Crippen MR) is 35.2 cm³/mol. The van der Waals surface area contributed by atoms with E-state index in [0.717, 1.165) is 25.7 Å². The van der Waals surface area contributed by atoms with E-state index in [-0.39, 0.29) is 6.17 Å². The van der Waals surface area contributed by atoms with Gasteiger partial charge in [-0.25, -0.2) is 4.39 Å². The molecule has 1 radical (unpaired) electrons. The van der Waals surface area contributed by atoms with E-state index in [9.17, 15) is 4.39 Å². The van der Waals surface area contributed by atoms with Crippen molar-refractivity contribution >= 4 is 0 Å². The van der Waals surface area contributed by atoms with E-state index in [1.807, 2.05) is 0 Å². The van der Waals surface area contributed by atoms with Crippen LogP contribution in [0.5, 0.6) is 0 Å². The number of rotatable bonds is 0. The SMILES string of the molecule is F[C]1C#CCCCCC1. The van der Waals surface area contributed by atoms with E-state index < -0.39 is 0 Å². The van der Waals surface area contributed by atoms with Crippen molar-refractivity contribution in [3.63, 3.8) is 0 Å². The maximum absolute atomic E-state index is 12.4. The molecule has 0 heterocycles. The van der Waals surface area contributed by atoms with Crippen molar-refractivity contribution in [1.82, 2.24) is 0 Å². The van der Waals surface area contributed by atoms with Gasteiger partial charge in [0.1, 0.15) is 0 Å². The van der Waals surface area contributed by atoms with Crippen LogP contribution in [0.15, 0.2) is 0 Å². The van der Waals surface area contributed by atoms with Gasteiger partial charge in [0.05, 0.1) is 0 Å². The lowest BCUT2D eigenvalue weighted by Crippen LogP contribution is -1.89. The average Bonchev–Trinajstić information content (AvgIpc) is 1.79. The Morgan fingerprint density at radius 1 is 1.22 bits per heavy atom. The van der Waals surface area contributed by atoms with Gasteiger partial charge in [0.15, 0.2) is 0 Å². The first-order valence-electron chi connectivity index (χ1n) is 3.40. The molecule has 0 spiro atoms. The maximum Gasteiger partial charge on any atom is 0.215 e. The van der Waals surface area contributed by atoms with Crippen molar-refractivity contribution in [2.45, 2.75) is 32.1 Å². The summed E-state index contributed by atoms with van der Waals surface area (Å²) in [7, 11) is 0. The van der Waals surface area contributed by atoms with E-state index in [1.54, 1.807) is 0 Å². The molecule has 1 heteroatoms. The minimum atomic E-state index is -0.130. The molecule has 0 aromatic rings. The molecule has 1 aliphatic carbocycles. The van der Waals surface area contributed by atoms with Crippen LogP contribution in [0.4, 0.5) is 4.39 Å². The first-order chi connectivity index (χ1) is 4.39. The first-order valence-corrected chi connectivity index (χ1v) is 3.40. The summed E-state index contributed by atoms with van der Waals surface area (Å²) in [4.78, 5) is 0. The Morgan fingerprint density at radius 3 is 3.00 bits per heavy atom. The van der Waals surface area contributed by atoms with Gasteiger partial charge < -0.3 is 0 Å². The Bertz CT molecular complexity index is 129. The number of halogens is 1. The van der Waals surface area contributed by atoms with Crippen LogP contribution in [-0.4, -0.2) is 0 Å². The molecule has 0 amide bonds. The van der Waals surface area contributed by atoms with Gasteiger partial charge in [-0.1, -0.05) is 18.3 Å². The molecule has 0 fully saturated rings. The maximum atomic E-state index is 12.4. The lowest BCUT2D eigenvalue weighted by molar-refractivity contribution is 0.488. The fraction of sp³-hybridized carbons (Fsp3) is 0.625. The first kappa shape index (κ1) is 6.61. The van der Waals surface area contributed by atoms with Gasteiger partial charge in [0.2, 0.25) is 6.17 Å². The third kappa shape index (κ3) is 2.51. The second-order valence-corrected chi connectivity index (χ2v) is 2.27. The Balaban J connectivity index is 2.37. The second kappa shape index (κ2) is 3.50. The van der Waals surface area contributed by atoms with Gasteiger partial charge in [-0.15, -0.1) is 0 Å². The number of hydrogen-bond donors (Lipinski definition) is 0. The molecule has 1 aliphatic rings. The van der Waals surface area contributed by atoms with Gasteiger partial charge in [-0.3, -0.25) is 0 Å². The highest BCUT2D eigenvalue weighted by atomic mass is 19.1. The number of hydrogen-bond acceptors (Lipinski definition) is 0. The minimum absolute atomic E-state index is 0.130. The van der Waals surface area contributed by atoms with E-state index in [4.69, 9.17) is 0 Å². The van der Waals surface area contributed by atoms with Crippen LogP contribution in [0.1, 0.15) is 32.1 Å². The highest BCUT2D eigenvalue weighted by molar-refractivity contribution is 5.15. The Kier molecular flexibility index (Phi) is 2.57. The molecule has 9 heavy (non-hydrogen) atoms. The molecule has 0 unspecified atom stereocenters. The van der Waals surface area contributed by atoms with Crippen LogP contribution < -0.4 is 0 Å². The van der Waals surface area contributed by atoms with Crippen LogP contribution >= 0.6 is 0 Å². The lowest BCUT2D eigenvalue weighted by Gasteiger charge is -2.01. The monoisotopic (exact) mass is 125 g/mol. The summed E-state index contributed by atoms with van der Waals surface area (Å²) >= 11 is 0. The largest absolute Gasteiger partial charge is 0.225 e. The van der Waals surface area contributed by atoms with E-state index in [1.165, 1.54) is 0 Å². The van der Waals surface area contributed by atoms with Gasteiger partial charge in [-0.2, -0.15) is 0 Å². The summed E-state index contributed by atoms with van der Waals surface area (Å²) in [5, 5.41) is 0. The van der Waals surface area contributed by atoms with E-state index >= 15 is 0 Å². The molecule has 0 saturated heterocycles. The second-order valence-electron chi connectivity index (χ2n) is 2.27. The summed E-state index contributed by atoms with van der Waals surface area (Å²) in [6.45, 7) is 0. The van der Waals surface area contributed by atoms with Crippen molar-refractivity contribution in [3.05, 3.63) is 6.17 Å². The topological polar surface area (TPSA) is 0 Å². The quantitative estimate of drug-likeness (QED) is 0.436. The zero-order valence-electron chi connectivity index (χ0n) is 5.41. The highest BCUT2D eigenvalue weighted by Gasteiger charge is 2.03. The van der Waals surface area contributed by atoms with Gasteiger partial charge >= 0.3 is 0 Å². The molecular formula is C8H10F. The smallest absolute Gasteiger partial charge is 0.215 e. The van der Waals surface area contributed by atoms with E-state index in [2.05, 4.69) is 11.8 Å². The normalized spacial score (nSPS) is 21.4. The van der Waals surface area contributed by atoms with Gasteiger partial charge in [-0.05, 0) is 19.3 Å². The summed E-state index contributed by atoms with van der Waals surface area (Å²) in [5.74, 6) is 5.26.